The summed E-state index contributed by atoms with van der Waals surface area (Å²) in [5.41, 5.74) is 6.51. The largest absolute Gasteiger partial charge is 0.399 e. The summed E-state index contributed by atoms with van der Waals surface area (Å²) in [5.74, 6) is -0.236. The van der Waals surface area contributed by atoms with Gasteiger partial charge in [0.2, 0.25) is 11.8 Å². The Morgan fingerprint density at radius 3 is 2.33 bits per heavy atom. The molecule has 0 fully saturated rings. The Kier molecular flexibility index (Phi) is 5.76. The van der Waals surface area contributed by atoms with E-state index in [2.05, 4.69) is 5.32 Å². The minimum absolute atomic E-state index is 0.0667. The van der Waals surface area contributed by atoms with Gasteiger partial charge in [0.15, 0.2) is 0 Å². The molecule has 0 heterocycles. The molecule has 0 saturated carbocycles. The first-order valence-corrected chi connectivity index (χ1v) is 7.17. The van der Waals surface area contributed by atoms with Gasteiger partial charge in [-0.1, -0.05) is 19.1 Å². The maximum atomic E-state index is 12.6. The Hall–Kier alpha value is -2.04. The number of carbonyl (C=O) groups excluding carboxylic acids is 2. The highest BCUT2D eigenvalue weighted by Gasteiger charge is 2.32. The number of nitrogens with two attached hydrogens (primary N) is 1. The van der Waals surface area contributed by atoms with Crippen LogP contribution in [0.1, 0.15) is 32.8 Å². The molecule has 1 aromatic rings. The van der Waals surface area contributed by atoms with Gasteiger partial charge in [0.1, 0.15) is 0 Å². The number of hydrogen-bond acceptors (Lipinski definition) is 3. The van der Waals surface area contributed by atoms with Crippen LogP contribution in [0, 0.1) is 0 Å². The van der Waals surface area contributed by atoms with Crippen molar-refractivity contribution in [2.45, 2.75) is 32.6 Å². The monoisotopic (exact) mass is 291 g/mol. The Morgan fingerprint density at radius 2 is 1.81 bits per heavy atom. The number of nitrogens with one attached hydrogen (secondary N) is 1. The van der Waals surface area contributed by atoms with Crippen molar-refractivity contribution in [2.75, 3.05) is 25.9 Å². The first kappa shape index (κ1) is 17.0. The molecule has 0 aliphatic carbocycles. The first-order chi connectivity index (χ1) is 9.78. The van der Waals surface area contributed by atoms with Crippen LogP contribution in [0.25, 0.3) is 0 Å². The van der Waals surface area contributed by atoms with Gasteiger partial charge in [-0.2, -0.15) is 0 Å². The van der Waals surface area contributed by atoms with E-state index in [-0.39, 0.29) is 18.4 Å². The number of amides is 2. The molecule has 116 valence electrons. The molecule has 0 unspecified atom stereocenters. The number of nitrogen functional groups attached to an aromatic ring is 1. The zero-order valence-electron chi connectivity index (χ0n) is 13.3. The van der Waals surface area contributed by atoms with E-state index in [0.717, 1.165) is 12.0 Å². The van der Waals surface area contributed by atoms with E-state index in [1.54, 1.807) is 19.2 Å². The summed E-state index contributed by atoms with van der Waals surface area (Å²) in [4.78, 5) is 25.7. The normalized spacial score (nSPS) is 11.0. The van der Waals surface area contributed by atoms with Crippen LogP contribution in [0.3, 0.4) is 0 Å². The van der Waals surface area contributed by atoms with Crippen LogP contribution < -0.4 is 11.1 Å². The van der Waals surface area contributed by atoms with Crippen LogP contribution in [-0.4, -0.2) is 36.9 Å². The molecule has 2 amide bonds. The van der Waals surface area contributed by atoms with Gasteiger partial charge < -0.3 is 16.0 Å². The van der Waals surface area contributed by atoms with Crippen LogP contribution in [0.2, 0.25) is 0 Å². The number of nitrogens with zero attached hydrogens (tertiary/aromatic N) is 1. The fourth-order valence-electron chi connectivity index (χ4n) is 2.11. The second kappa shape index (κ2) is 7.11. The van der Waals surface area contributed by atoms with Crippen molar-refractivity contribution in [3.63, 3.8) is 0 Å². The fourth-order valence-corrected chi connectivity index (χ4v) is 2.11. The number of benzene rings is 1. The third-order valence-electron chi connectivity index (χ3n) is 3.47. The number of likely N-dealkylation sites (N-methyl/N-ethyl adjacent to an activating group) is 1. The van der Waals surface area contributed by atoms with Gasteiger partial charge in [0, 0.05) is 19.3 Å². The lowest BCUT2D eigenvalue weighted by Crippen LogP contribution is -2.45. The van der Waals surface area contributed by atoms with E-state index in [1.165, 1.54) is 4.90 Å². The molecule has 1 aromatic carbocycles. The number of anilines is 1. The van der Waals surface area contributed by atoms with E-state index < -0.39 is 5.41 Å². The molecule has 0 radical (unpaired) electrons. The molecule has 0 aromatic heterocycles. The Bertz CT molecular complexity index is 495. The van der Waals surface area contributed by atoms with Gasteiger partial charge in [-0.25, -0.2) is 0 Å². The molecule has 5 heteroatoms. The van der Waals surface area contributed by atoms with Gasteiger partial charge in [0.25, 0.3) is 0 Å². The summed E-state index contributed by atoms with van der Waals surface area (Å²) in [6, 6.07) is 7.24. The Balaban J connectivity index is 2.75. The molecular formula is C16H25N3O2. The molecule has 0 aliphatic rings. The van der Waals surface area contributed by atoms with Gasteiger partial charge >= 0.3 is 0 Å². The highest BCUT2D eigenvalue weighted by atomic mass is 16.2. The van der Waals surface area contributed by atoms with E-state index in [1.807, 2.05) is 32.9 Å². The lowest BCUT2D eigenvalue weighted by atomic mass is 9.83. The predicted octanol–water partition coefficient (Wildman–Crippen LogP) is 1.53. The second-order valence-corrected chi connectivity index (χ2v) is 5.76. The minimum Gasteiger partial charge on any atom is -0.399 e. The standard InChI is InChI=1S/C16H25N3O2/c1-5-10-18-14(20)11-19(4)15(21)16(2,3)12-6-8-13(17)9-7-12/h6-9H,5,10-11,17H2,1-4H3,(H,18,20). The highest BCUT2D eigenvalue weighted by Crippen LogP contribution is 2.26. The maximum Gasteiger partial charge on any atom is 0.239 e. The van der Waals surface area contributed by atoms with E-state index >= 15 is 0 Å². The summed E-state index contributed by atoms with van der Waals surface area (Å²) in [6.45, 7) is 6.38. The van der Waals surface area contributed by atoms with Crippen molar-refractivity contribution in [1.29, 1.82) is 0 Å². The van der Waals surface area contributed by atoms with E-state index in [4.69, 9.17) is 5.73 Å². The van der Waals surface area contributed by atoms with E-state index in [9.17, 15) is 9.59 Å². The summed E-state index contributed by atoms with van der Waals surface area (Å²) in [7, 11) is 1.65. The molecule has 0 bridgehead atoms. The van der Waals surface area contributed by atoms with Crippen LogP contribution in [0.15, 0.2) is 24.3 Å². The molecular weight excluding hydrogens is 266 g/mol. The molecule has 0 spiro atoms. The quantitative estimate of drug-likeness (QED) is 0.780. The molecule has 1 rings (SSSR count). The maximum absolute atomic E-state index is 12.6. The third kappa shape index (κ3) is 4.48. The van der Waals surface area contributed by atoms with Crippen molar-refractivity contribution in [1.82, 2.24) is 10.2 Å². The van der Waals surface area contributed by atoms with Crippen molar-refractivity contribution in [2.24, 2.45) is 0 Å². The molecule has 3 N–H and O–H groups in total. The van der Waals surface area contributed by atoms with Crippen LogP contribution >= 0.6 is 0 Å². The van der Waals surface area contributed by atoms with Gasteiger partial charge in [-0.3, -0.25) is 9.59 Å². The fraction of sp³-hybridized carbons (Fsp3) is 0.500. The number of rotatable bonds is 6. The van der Waals surface area contributed by atoms with E-state index in [0.29, 0.717) is 12.2 Å². The average molecular weight is 291 g/mol. The van der Waals surface area contributed by atoms with Crippen molar-refractivity contribution in [3.05, 3.63) is 29.8 Å². The molecule has 0 atom stereocenters. The van der Waals surface area contributed by atoms with Gasteiger partial charge in [-0.05, 0) is 38.0 Å². The molecule has 0 aliphatic heterocycles. The van der Waals surface area contributed by atoms with Gasteiger partial charge in [-0.15, -0.1) is 0 Å². The number of carbonyl (C=O) groups is 2. The van der Waals surface area contributed by atoms with Crippen LogP contribution in [-0.2, 0) is 15.0 Å². The van der Waals surface area contributed by atoms with Crippen molar-refractivity contribution < 1.29 is 9.59 Å². The average Bonchev–Trinajstić information content (AvgIpc) is 2.44. The van der Waals surface area contributed by atoms with Crippen LogP contribution in [0.4, 0.5) is 5.69 Å². The summed E-state index contributed by atoms with van der Waals surface area (Å²) in [6.07, 6.45) is 0.875. The second-order valence-electron chi connectivity index (χ2n) is 5.76. The summed E-state index contributed by atoms with van der Waals surface area (Å²) in [5, 5.41) is 2.77. The number of hydrogen-bond donors (Lipinski definition) is 2. The lowest BCUT2D eigenvalue weighted by Gasteiger charge is -2.29. The summed E-state index contributed by atoms with van der Waals surface area (Å²) >= 11 is 0. The highest BCUT2D eigenvalue weighted by molar-refractivity contribution is 5.90. The first-order valence-electron chi connectivity index (χ1n) is 7.17. The van der Waals surface area contributed by atoms with Gasteiger partial charge in [0.05, 0.1) is 12.0 Å². The molecule has 21 heavy (non-hydrogen) atoms. The molecule has 5 nitrogen and oxygen atoms in total. The third-order valence-corrected chi connectivity index (χ3v) is 3.47. The van der Waals surface area contributed by atoms with Crippen molar-refractivity contribution in [3.8, 4) is 0 Å². The lowest BCUT2D eigenvalue weighted by molar-refractivity contribution is -0.138. The van der Waals surface area contributed by atoms with Crippen LogP contribution in [0.5, 0.6) is 0 Å². The zero-order valence-corrected chi connectivity index (χ0v) is 13.3. The summed E-state index contributed by atoms with van der Waals surface area (Å²) < 4.78 is 0. The smallest absolute Gasteiger partial charge is 0.239 e. The van der Waals surface area contributed by atoms with Crippen molar-refractivity contribution >= 4 is 17.5 Å². The Labute approximate surface area is 126 Å². The minimum atomic E-state index is -0.701. The topological polar surface area (TPSA) is 75.4 Å². The Morgan fingerprint density at radius 1 is 1.24 bits per heavy atom. The predicted molar refractivity (Wildman–Crippen MR) is 84.8 cm³/mol. The zero-order chi connectivity index (χ0) is 16.0. The molecule has 0 saturated heterocycles. The SMILES string of the molecule is CCCNC(=O)CN(C)C(=O)C(C)(C)c1ccc(N)cc1.